The largest absolute Gasteiger partial charge is 0.474 e. The van der Waals surface area contributed by atoms with Gasteiger partial charge in [-0.2, -0.15) is 5.10 Å². The molecular formula is C27H30N4O5S. The number of rotatable bonds is 8. The lowest BCUT2D eigenvalue weighted by Crippen LogP contribution is -2.39. The van der Waals surface area contributed by atoms with Gasteiger partial charge >= 0.3 is 0 Å². The van der Waals surface area contributed by atoms with Gasteiger partial charge in [0.1, 0.15) is 5.82 Å². The second-order valence-electron chi connectivity index (χ2n) is 9.55. The predicted molar refractivity (Wildman–Crippen MR) is 139 cm³/mol. The van der Waals surface area contributed by atoms with E-state index < -0.39 is 15.3 Å². The highest BCUT2D eigenvalue weighted by Crippen LogP contribution is 2.37. The number of ether oxygens (including phenoxy) is 1. The topological polar surface area (TPSA) is 128 Å². The van der Waals surface area contributed by atoms with Crippen molar-refractivity contribution < 1.29 is 22.7 Å². The zero-order chi connectivity index (χ0) is 26.8. The number of hydrogen-bond acceptors (Lipinski definition) is 8. The van der Waals surface area contributed by atoms with Crippen molar-refractivity contribution >= 4 is 27.3 Å². The second-order valence-corrected chi connectivity index (χ2v) is 11.8. The van der Waals surface area contributed by atoms with Crippen molar-refractivity contribution in [3.8, 4) is 5.88 Å². The summed E-state index contributed by atoms with van der Waals surface area (Å²) in [7, 11) is -3.29. The van der Waals surface area contributed by atoms with Crippen LogP contribution in [-0.2, 0) is 32.9 Å². The molecule has 1 unspecified atom stereocenters. The number of aryl methyl sites for hydroxylation is 1. The van der Waals surface area contributed by atoms with E-state index in [1.165, 1.54) is 12.1 Å². The number of ketones is 1. The van der Waals surface area contributed by atoms with E-state index in [0.29, 0.717) is 47.1 Å². The van der Waals surface area contributed by atoms with Crippen LogP contribution in [0.2, 0.25) is 0 Å². The van der Waals surface area contributed by atoms with Gasteiger partial charge < -0.3 is 10.1 Å². The highest BCUT2D eigenvalue weighted by molar-refractivity contribution is 7.91. The van der Waals surface area contributed by atoms with Gasteiger partial charge in [-0.25, -0.2) is 13.4 Å². The van der Waals surface area contributed by atoms with Gasteiger partial charge in [-0.15, -0.1) is 5.10 Å². The molecule has 1 amide bonds. The number of carbonyl (C=O) groups excluding carboxylic acids is 2. The first-order chi connectivity index (χ1) is 17.5. The smallest absolute Gasteiger partial charge is 0.233 e. The fraction of sp³-hybridized carbons (Fsp3) is 0.370. The van der Waals surface area contributed by atoms with Crippen LogP contribution in [0, 0.1) is 0 Å². The Hall–Kier alpha value is -3.66. The average Bonchev–Trinajstić information content (AvgIpc) is 2.87. The number of pyridine rings is 1. The summed E-state index contributed by atoms with van der Waals surface area (Å²) in [6.07, 6.45) is 1.10. The number of benzene rings is 1. The number of hydrogen-bond donors (Lipinski definition) is 1. The van der Waals surface area contributed by atoms with Gasteiger partial charge in [0.05, 0.1) is 40.0 Å². The zero-order valence-electron chi connectivity index (χ0n) is 21.3. The minimum Gasteiger partial charge on any atom is -0.474 e. The minimum atomic E-state index is -3.29. The van der Waals surface area contributed by atoms with Crippen molar-refractivity contribution in [2.45, 2.75) is 63.4 Å². The molecule has 1 atom stereocenters. The maximum Gasteiger partial charge on any atom is 0.233 e. The van der Waals surface area contributed by atoms with Crippen molar-refractivity contribution in [1.29, 1.82) is 0 Å². The molecule has 0 aliphatic heterocycles. The van der Waals surface area contributed by atoms with Gasteiger partial charge in [-0.3, -0.25) is 9.59 Å². The molecule has 0 saturated carbocycles. The van der Waals surface area contributed by atoms with Crippen LogP contribution < -0.4 is 10.1 Å². The number of amides is 1. The number of carbonyl (C=O) groups is 2. The molecule has 0 spiro atoms. The number of nitrogens with one attached hydrogen (secondary N) is 1. The summed E-state index contributed by atoms with van der Waals surface area (Å²) in [5.74, 6) is 0.415. The molecule has 4 rings (SSSR count). The Morgan fingerprint density at radius 1 is 1.08 bits per heavy atom. The molecular weight excluding hydrogens is 492 g/mol. The van der Waals surface area contributed by atoms with Gasteiger partial charge in [-0.05, 0) is 69.5 Å². The van der Waals surface area contributed by atoms with Gasteiger partial charge in [0.25, 0.3) is 0 Å². The second kappa shape index (κ2) is 10.4. The molecule has 2 aromatic heterocycles. The third kappa shape index (κ3) is 5.69. The molecule has 9 nitrogen and oxygen atoms in total. The molecule has 2 heterocycles. The van der Waals surface area contributed by atoms with E-state index in [1.54, 1.807) is 43.3 Å². The summed E-state index contributed by atoms with van der Waals surface area (Å²) in [5.41, 5.74) is 1.56. The number of Topliss-reactive ketones (excluding diaryl/α,β-unsaturated/α-hetero) is 1. The normalized spacial score (nSPS) is 17.4. The minimum absolute atomic E-state index is 0.0193. The number of fused-ring (bicyclic) bond motifs is 1. The van der Waals surface area contributed by atoms with Crippen molar-refractivity contribution in [2.75, 3.05) is 11.1 Å². The van der Waals surface area contributed by atoms with Gasteiger partial charge in [0.2, 0.25) is 11.8 Å². The Bertz CT molecular complexity index is 1420. The Kier molecular flexibility index (Phi) is 7.40. The van der Waals surface area contributed by atoms with Gasteiger partial charge in [-0.1, -0.05) is 19.1 Å². The standard InChI is InChI=1S/C27H30N4O5S/c1-5-37(34,35)19-8-6-18(7-9-19)16-24(32)29-23-12-10-20-21(28-23)14-15-27(4,26(20)33)22-11-13-25(31-30-22)36-17(2)3/h6-13,17H,5,14-16H2,1-4H3,(H,28,29,32). The predicted octanol–water partition coefficient (Wildman–Crippen LogP) is 3.72. The molecule has 1 aromatic carbocycles. The number of nitrogens with zero attached hydrogens (tertiary/aromatic N) is 3. The highest BCUT2D eigenvalue weighted by atomic mass is 32.2. The van der Waals surface area contributed by atoms with Crippen molar-refractivity contribution in [3.05, 3.63) is 71.0 Å². The van der Waals surface area contributed by atoms with Crippen LogP contribution in [0.5, 0.6) is 5.88 Å². The van der Waals surface area contributed by atoms with E-state index in [2.05, 4.69) is 20.5 Å². The Morgan fingerprint density at radius 3 is 2.43 bits per heavy atom. The highest BCUT2D eigenvalue weighted by Gasteiger charge is 2.42. The molecule has 3 aromatic rings. The molecule has 1 aliphatic rings. The molecule has 37 heavy (non-hydrogen) atoms. The zero-order valence-corrected chi connectivity index (χ0v) is 22.1. The summed E-state index contributed by atoms with van der Waals surface area (Å²) in [5, 5.41) is 11.1. The summed E-state index contributed by atoms with van der Waals surface area (Å²) in [6.45, 7) is 7.26. The number of anilines is 1. The van der Waals surface area contributed by atoms with Gasteiger partial charge in [0, 0.05) is 11.6 Å². The molecule has 1 N–H and O–H groups in total. The quantitative estimate of drug-likeness (QED) is 0.474. The summed E-state index contributed by atoms with van der Waals surface area (Å²) < 4.78 is 29.5. The maximum absolute atomic E-state index is 13.4. The molecule has 0 fully saturated rings. The molecule has 0 bridgehead atoms. The van der Waals surface area contributed by atoms with Crippen molar-refractivity contribution in [2.24, 2.45) is 0 Å². The van der Waals surface area contributed by atoms with Crippen LogP contribution >= 0.6 is 0 Å². The third-order valence-electron chi connectivity index (χ3n) is 6.44. The van der Waals surface area contributed by atoms with E-state index >= 15 is 0 Å². The van der Waals surface area contributed by atoms with Crippen LogP contribution in [0.1, 0.15) is 61.4 Å². The Labute approximate surface area is 216 Å². The van der Waals surface area contributed by atoms with E-state index in [9.17, 15) is 18.0 Å². The van der Waals surface area contributed by atoms with E-state index in [1.807, 2.05) is 20.8 Å². The first-order valence-corrected chi connectivity index (χ1v) is 13.8. The number of sulfone groups is 1. The van der Waals surface area contributed by atoms with E-state index in [0.717, 1.165) is 0 Å². The van der Waals surface area contributed by atoms with Crippen LogP contribution in [0.3, 0.4) is 0 Å². The third-order valence-corrected chi connectivity index (χ3v) is 8.19. The van der Waals surface area contributed by atoms with E-state index in [4.69, 9.17) is 4.74 Å². The SMILES string of the molecule is CCS(=O)(=O)c1ccc(CC(=O)Nc2ccc3c(n2)CCC(C)(c2ccc(OC(C)C)nn2)C3=O)cc1. The summed E-state index contributed by atoms with van der Waals surface area (Å²) in [6, 6.07) is 13.1. The monoisotopic (exact) mass is 522 g/mol. The lowest BCUT2D eigenvalue weighted by Gasteiger charge is -2.32. The van der Waals surface area contributed by atoms with Crippen LogP contribution in [0.15, 0.2) is 53.4 Å². The van der Waals surface area contributed by atoms with Crippen molar-refractivity contribution in [3.63, 3.8) is 0 Å². The molecule has 194 valence electrons. The summed E-state index contributed by atoms with van der Waals surface area (Å²) in [4.78, 5) is 30.8. The molecule has 10 heteroatoms. The average molecular weight is 523 g/mol. The molecule has 0 radical (unpaired) electrons. The first kappa shape index (κ1) is 26.4. The maximum atomic E-state index is 13.4. The molecule has 1 aliphatic carbocycles. The lowest BCUT2D eigenvalue weighted by molar-refractivity contribution is -0.115. The number of aromatic nitrogens is 3. The fourth-order valence-electron chi connectivity index (χ4n) is 4.26. The van der Waals surface area contributed by atoms with Crippen LogP contribution in [0.4, 0.5) is 5.82 Å². The Balaban J connectivity index is 1.44. The molecule has 0 saturated heterocycles. The van der Waals surface area contributed by atoms with Crippen molar-refractivity contribution in [1.82, 2.24) is 15.2 Å². The lowest BCUT2D eigenvalue weighted by atomic mass is 9.71. The fourth-order valence-corrected chi connectivity index (χ4v) is 5.15. The van der Waals surface area contributed by atoms with Gasteiger partial charge in [0.15, 0.2) is 15.6 Å². The first-order valence-electron chi connectivity index (χ1n) is 12.2. The summed E-state index contributed by atoms with van der Waals surface area (Å²) >= 11 is 0. The Morgan fingerprint density at radius 2 is 1.81 bits per heavy atom. The van der Waals surface area contributed by atoms with E-state index in [-0.39, 0.29) is 34.9 Å². The van der Waals surface area contributed by atoms with Crippen LogP contribution in [-0.4, -0.2) is 47.1 Å². The van der Waals surface area contributed by atoms with Crippen LogP contribution in [0.25, 0.3) is 0 Å².